The first-order valence-corrected chi connectivity index (χ1v) is 18.4. The van der Waals surface area contributed by atoms with Gasteiger partial charge in [-0.1, -0.05) is 0 Å². The number of nitrogens with one attached hydrogen (secondary N) is 2. The summed E-state index contributed by atoms with van der Waals surface area (Å²) in [6, 6.07) is 9.49. The fraction of sp³-hybridized carbons (Fsp3) is 0.611. The number of phenolic OH excluding ortho intramolecular Hbond substituents is 2. The molecule has 0 bridgehead atoms. The maximum Gasteiger partial charge on any atom is 0.673 e. The molecule has 2 aromatic rings. The van der Waals surface area contributed by atoms with Gasteiger partial charge in [0.25, 0.3) is 0 Å². The van der Waals surface area contributed by atoms with Crippen LogP contribution in [-0.2, 0) is 33.8 Å². The molecule has 0 radical (unpaired) electrons. The molecule has 263 valence electrons. The fourth-order valence-electron chi connectivity index (χ4n) is 5.73. The van der Waals surface area contributed by atoms with Crippen molar-refractivity contribution in [3.05, 3.63) is 57.6 Å². The van der Waals surface area contributed by atoms with E-state index in [1.165, 1.54) is 24.0 Å². The van der Waals surface area contributed by atoms with Crippen molar-refractivity contribution in [3.63, 3.8) is 0 Å². The van der Waals surface area contributed by atoms with Crippen molar-refractivity contribution in [1.82, 2.24) is 8.73 Å². The predicted molar refractivity (Wildman–Crippen MR) is 184 cm³/mol. The summed E-state index contributed by atoms with van der Waals surface area (Å²) in [7, 11) is -6.00. The second kappa shape index (κ2) is 13.1. The number of benzene rings is 2. The minimum atomic E-state index is -6.00. The van der Waals surface area contributed by atoms with Crippen LogP contribution in [0.2, 0.25) is 0 Å². The number of hydrogen-bond acceptors (Lipinski definition) is 4. The van der Waals surface area contributed by atoms with Crippen LogP contribution in [0.25, 0.3) is 0 Å². The van der Waals surface area contributed by atoms with Crippen molar-refractivity contribution < 1.29 is 39.7 Å². The number of halogens is 4. The SMILES string of the molecule is CC(C)(C)c1cc([CH]=[Co]2(=[CH]c3cc(C(C)(C)C)cc(C(C)(C)C)c3O)[NH]C3CCCCC3[NH]2)c(O)c(C(C)(C)C)c1.F[B-](F)(F)F. The molecule has 1 saturated heterocycles. The summed E-state index contributed by atoms with van der Waals surface area (Å²) in [6.07, 6.45) is 4.74. The fourth-order valence-corrected chi connectivity index (χ4v) is 9.73. The van der Waals surface area contributed by atoms with Gasteiger partial charge in [-0.25, -0.2) is 0 Å². The van der Waals surface area contributed by atoms with Gasteiger partial charge in [-0.15, -0.1) is 0 Å². The van der Waals surface area contributed by atoms with Gasteiger partial charge in [0.1, 0.15) is 0 Å². The zero-order valence-corrected chi connectivity index (χ0v) is 30.8. The molecule has 2 aromatic carbocycles. The van der Waals surface area contributed by atoms with Crippen LogP contribution in [0.3, 0.4) is 0 Å². The van der Waals surface area contributed by atoms with Crippen molar-refractivity contribution in [3.8, 4) is 11.5 Å². The number of aromatic hydroxyl groups is 2. The number of rotatable bonds is 2. The van der Waals surface area contributed by atoms with Gasteiger partial charge in [0.05, 0.1) is 0 Å². The molecule has 4 N–H and O–H groups in total. The van der Waals surface area contributed by atoms with Gasteiger partial charge < -0.3 is 17.3 Å². The monoisotopic (exact) mass is 694 g/mol. The van der Waals surface area contributed by atoms with Gasteiger partial charge in [-0.05, 0) is 0 Å². The van der Waals surface area contributed by atoms with Gasteiger partial charge in [0, 0.05) is 0 Å². The summed E-state index contributed by atoms with van der Waals surface area (Å²) < 4.78 is 47.1. The molecular weight excluding hydrogens is 638 g/mol. The summed E-state index contributed by atoms with van der Waals surface area (Å²) in [4.78, 5) is 4.56. The van der Waals surface area contributed by atoms with Crippen LogP contribution in [0.1, 0.15) is 142 Å². The first kappa shape index (κ1) is 38.4. The Labute approximate surface area is 276 Å². The summed E-state index contributed by atoms with van der Waals surface area (Å²) >= 11 is -2.28. The molecule has 2 aliphatic rings. The third-order valence-electron chi connectivity index (χ3n) is 8.47. The van der Waals surface area contributed by atoms with Gasteiger partial charge in [-0.2, -0.15) is 0 Å². The molecular formula is C36H56BCoF4N2O2-. The Morgan fingerprint density at radius 3 is 1.17 bits per heavy atom. The van der Waals surface area contributed by atoms with E-state index in [9.17, 15) is 27.5 Å². The molecule has 0 amide bonds. The van der Waals surface area contributed by atoms with E-state index in [1.54, 1.807) is 0 Å². The van der Waals surface area contributed by atoms with Crippen molar-refractivity contribution in [2.75, 3.05) is 0 Å². The smallest absolute Gasteiger partial charge is 0.418 e. The second-order valence-corrected chi connectivity index (χ2v) is 19.9. The van der Waals surface area contributed by atoms with Crippen molar-refractivity contribution in [2.45, 2.75) is 143 Å². The van der Waals surface area contributed by atoms with Crippen molar-refractivity contribution >= 4 is 17.2 Å². The molecule has 0 spiro atoms. The van der Waals surface area contributed by atoms with Gasteiger partial charge >= 0.3 is 260 Å². The Morgan fingerprint density at radius 2 is 0.913 bits per heavy atom. The van der Waals surface area contributed by atoms with Crippen LogP contribution >= 0.6 is 0 Å². The first-order chi connectivity index (χ1) is 20.6. The van der Waals surface area contributed by atoms with E-state index in [0.717, 1.165) is 35.1 Å². The van der Waals surface area contributed by atoms with E-state index in [2.05, 4.69) is 126 Å². The third kappa shape index (κ3) is 9.77. The number of fused-ring (bicyclic) bond motifs is 1. The zero-order valence-electron chi connectivity index (χ0n) is 29.8. The minimum absolute atomic E-state index is 0.0587. The summed E-state index contributed by atoms with van der Waals surface area (Å²) in [6.45, 7) is 26.4. The summed E-state index contributed by atoms with van der Waals surface area (Å²) in [5.74, 6) is 0.721. The Morgan fingerprint density at radius 1 is 0.609 bits per heavy atom. The largest absolute Gasteiger partial charge is 0.673 e. The molecule has 2 unspecified atom stereocenters. The zero-order chi connectivity index (χ0) is 35.3. The van der Waals surface area contributed by atoms with E-state index in [0.29, 0.717) is 23.6 Å². The quantitative estimate of drug-likeness (QED) is 0.187. The standard InChI is InChI=1S/2C15H22O.C6H12N2.BF4.Co/c2*1-10-8-11(14(2,3)4)9-12(13(10)16)15(5,6)7;7-5-3-1-2-4-6(5)8;2-1(3,4)5;/h2*1,8-9,16H,2-7H3;5-8H,1-4H2;;/q;;-2;-1;+2. The Hall–Kier alpha value is -2.01. The van der Waals surface area contributed by atoms with E-state index >= 15 is 0 Å². The molecule has 1 aliphatic heterocycles. The Balaban J connectivity index is 0.00000107. The molecule has 1 heterocycles. The predicted octanol–water partition coefficient (Wildman–Crippen LogP) is 9.08. The van der Waals surface area contributed by atoms with Gasteiger partial charge in [0.15, 0.2) is 0 Å². The van der Waals surface area contributed by atoms with Crippen LogP contribution in [0, 0.1) is 0 Å². The van der Waals surface area contributed by atoms with Crippen LogP contribution in [0.5, 0.6) is 11.5 Å². The maximum absolute atomic E-state index is 11.7. The van der Waals surface area contributed by atoms with E-state index in [-0.39, 0.29) is 21.7 Å². The molecule has 0 aromatic heterocycles. The molecule has 4 nitrogen and oxygen atoms in total. The molecule has 2 fully saturated rings. The van der Waals surface area contributed by atoms with E-state index in [4.69, 9.17) is 0 Å². The molecule has 1 saturated carbocycles. The number of hydrogen-bond donors (Lipinski definition) is 4. The Bertz CT molecular complexity index is 1430. The second-order valence-electron chi connectivity index (χ2n) is 16.9. The van der Waals surface area contributed by atoms with E-state index in [1.807, 2.05) is 0 Å². The Kier molecular flexibility index (Phi) is 11.0. The van der Waals surface area contributed by atoms with Crippen LogP contribution in [0.15, 0.2) is 24.3 Å². The van der Waals surface area contributed by atoms with Crippen molar-refractivity contribution in [1.29, 1.82) is 0 Å². The molecule has 46 heavy (non-hydrogen) atoms. The summed E-state index contributed by atoms with van der Waals surface area (Å²) in [5.41, 5.74) is 5.59. The number of phenols is 2. The average molecular weight is 695 g/mol. The average Bonchev–Trinajstić information content (AvgIpc) is 3.20. The van der Waals surface area contributed by atoms with Crippen LogP contribution in [0.4, 0.5) is 17.3 Å². The first-order valence-electron chi connectivity index (χ1n) is 16.2. The maximum atomic E-state index is 11.7. The third-order valence-corrected chi connectivity index (χ3v) is 11.8. The van der Waals surface area contributed by atoms with Gasteiger partial charge in [-0.3, -0.25) is 0 Å². The molecule has 2 atom stereocenters. The van der Waals surface area contributed by atoms with Crippen LogP contribution in [-0.4, -0.2) is 39.5 Å². The van der Waals surface area contributed by atoms with Gasteiger partial charge in [0.2, 0.25) is 0 Å². The molecule has 10 heteroatoms. The summed E-state index contributed by atoms with van der Waals surface area (Å²) in [5, 5.41) is 23.5. The van der Waals surface area contributed by atoms with E-state index < -0.39 is 19.4 Å². The molecule has 4 rings (SSSR count). The topological polar surface area (TPSA) is 64.5 Å². The van der Waals surface area contributed by atoms with Crippen molar-refractivity contribution in [2.24, 2.45) is 0 Å². The van der Waals surface area contributed by atoms with Crippen LogP contribution < -0.4 is 8.73 Å². The normalized spacial score (nSPS) is 21.1. The minimum Gasteiger partial charge on any atom is -0.418 e. The molecule has 1 aliphatic carbocycles.